The highest BCUT2D eigenvalue weighted by Gasteiger charge is 2.48. The molecule has 4 unspecified atom stereocenters. The van der Waals surface area contributed by atoms with E-state index in [1.807, 2.05) is 4.90 Å². The third-order valence-corrected chi connectivity index (χ3v) is 7.19. The first-order chi connectivity index (χ1) is 13.5. The number of urea groups is 1. The van der Waals surface area contributed by atoms with Gasteiger partial charge in [0.15, 0.2) is 0 Å². The quantitative estimate of drug-likeness (QED) is 0.771. The summed E-state index contributed by atoms with van der Waals surface area (Å²) in [5.41, 5.74) is 0. The minimum absolute atomic E-state index is 0.0582. The van der Waals surface area contributed by atoms with Crippen LogP contribution >= 0.6 is 11.6 Å². The highest BCUT2D eigenvalue weighted by atomic mass is 35.5. The molecule has 2 heterocycles. The molecule has 0 bridgehead atoms. The average Bonchev–Trinajstić information content (AvgIpc) is 3.34. The molecule has 7 nitrogen and oxygen atoms in total. The lowest BCUT2D eigenvalue weighted by Crippen LogP contribution is -2.51. The Morgan fingerprint density at radius 2 is 2.07 bits per heavy atom. The molecule has 1 N–H and O–H groups in total. The minimum Gasteiger partial charge on any atom is -0.423 e. The van der Waals surface area contributed by atoms with Gasteiger partial charge in [-0.05, 0) is 56.3 Å². The van der Waals surface area contributed by atoms with Crippen molar-refractivity contribution in [3.8, 4) is 6.07 Å². The Balaban J connectivity index is 1.41. The molecule has 2 aliphatic carbocycles. The normalized spacial score (nSPS) is 37.9. The summed E-state index contributed by atoms with van der Waals surface area (Å²) in [6.45, 7) is 4.65. The van der Waals surface area contributed by atoms with Gasteiger partial charge in [-0.3, -0.25) is 0 Å². The van der Waals surface area contributed by atoms with Crippen molar-refractivity contribution in [3.05, 3.63) is 11.8 Å². The molecule has 0 spiro atoms. The van der Waals surface area contributed by atoms with E-state index in [0.29, 0.717) is 36.1 Å². The number of hydrogen-bond acceptors (Lipinski definition) is 5. The van der Waals surface area contributed by atoms with Crippen LogP contribution in [0.2, 0.25) is 0 Å². The van der Waals surface area contributed by atoms with E-state index in [2.05, 4.69) is 28.5 Å². The van der Waals surface area contributed by atoms with Crippen LogP contribution in [0.25, 0.3) is 0 Å². The van der Waals surface area contributed by atoms with Crippen LogP contribution < -0.4 is 5.32 Å². The van der Waals surface area contributed by atoms with Crippen LogP contribution in [-0.2, 0) is 0 Å². The first kappa shape index (κ1) is 19.5. The smallest absolute Gasteiger partial charge is 0.318 e. The van der Waals surface area contributed by atoms with Gasteiger partial charge in [-0.1, -0.05) is 6.92 Å². The largest absolute Gasteiger partial charge is 0.423 e. The molecular weight excluding hydrogens is 378 g/mol. The van der Waals surface area contributed by atoms with Crippen LogP contribution in [0.3, 0.4) is 0 Å². The number of rotatable bonds is 3. The summed E-state index contributed by atoms with van der Waals surface area (Å²) in [6, 6.07) is 2.25. The van der Waals surface area contributed by atoms with Gasteiger partial charge in [0.1, 0.15) is 6.04 Å². The standard InChI is InChI=1S/C20H28ClN5O2/c1-11-5-6-26(18(7-11)19-25-24-12(2)28-19)20(27)23-14-3-4-17(21)16(9-14)15-8-13(15)10-22/h11,13-18H,3-9H2,1-2H3,(H,23,27)/t11-,13-,14?,15-,16?,17?,18?/m1/s1. The van der Waals surface area contributed by atoms with Gasteiger partial charge < -0.3 is 14.6 Å². The second-order valence-corrected chi connectivity index (χ2v) is 9.33. The number of carbonyl (C=O) groups excluding carboxylic acids is 1. The Morgan fingerprint density at radius 3 is 2.75 bits per heavy atom. The number of piperidine rings is 1. The van der Waals surface area contributed by atoms with Gasteiger partial charge in [-0.15, -0.1) is 21.8 Å². The van der Waals surface area contributed by atoms with Gasteiger partial charge in [0.25, 0.3) is 0 Å². The van der Waals surface area contributed by atoms with Crippen molar-refractivity contribution in [1.82, 2.24) is 20.4 Å². The molecule has 1 aliphatic heterocycles. The fourth-order valence-electron chi connectivity index (χ4n) is 4.90. The number of nitrogens with one attached hydrogen (secondary N) is 1. The van der Waals surface area contributed by atoms with E-state index < -0.39 is 0 Å². The molecule has 0 radical (unpaired) electrons. The van der Waals surface area contributed by atoms with Gasteiger partial charge in [-0.25, -0.2) is 4.79 Å². The summed E-state index contributed by atoms with van der Waals surface area (Å²) >= 11 is 6.55. The van der Waals surface area contributed by atoms with Gasteiger partial charge >= 0.3 is 6.03 Å². The zero-order chi connectivity index (χ0) is 19.8. The zero-order valence-corrected chi connectivity index (χ0v) is 17.2. The molecule has 7 atom stereocenters. The summed E-state index contributed by atoms with van der Waals surface area (Å²) in [4.78, 5) is 14.9. The first-order valence-corrected chi connectivity index (χ1v) is 10.8. The second kappa shape index (κ2) is 7.90. The van der Waals surface area contributed by atoms with E-state index in [-0.39, 0.29) is 29.4 Å². The van der Waals surface area contributed by atoms with E-state index in [9.17, 15) is 4.79 Å². The number of carbonyl (C=O) groups is 1. The van der Waals surface area contributed by atoms with Crippen LogP contribution in [0.5, 0.6) is 0 Å². The topological polar surface area (TPSA) is 95.0 Å². The fourth-order valence-corrected chi connectivity index (χ4v) is 5.32. The predicted molar refractivity (Wildman–Crippen MR) is 103 cm³/mol. The maximum Gasteiger partial charge on any atom is 0.318 e. The molecule has 152 valence electrons. The summed E-state index contributed by atoms with van der Waals surface area (Å²) in [5, 5.41) is 20.6. The Hall–Kier alpha value is -1.81. The van der Waals surface area contributed by atoms with Gasteiger partial charge in [0, 0.05) is 30.8 Å². The van der Waals surface area contributed by atoms with Crippen molar-refractivity contribution in [1.29, 1.82) is 5.26 Å². The molecule has 0 aromatic carbocycles. The molecule has 1 saturated heterocycles. The molecule has 8 heteroatoms. The van der Waals surface area contributed by atoms with Crippen LogP contribution in [0.15, 0.2) is 4.42 Å². The van der Waals surface area contributed by atoms with E-state index >= 15 is 0 Å². The lowest BCUT2D eigenvalue weighted by Gasteiger charge is -2.39. The zero-order valence-electron chi connectivity index (χ0n) is 16.5. The number of aryl methyl sites for hydroxylation is 1. The minimum atomic E-state index is -0.170. The van der Waals surface area contributed by atoms with Gasteiger partial charge in [0.2, 0.25) is 11.8 Å². The molecule has 2 saturated carbocycles. The van der Waals surface area contributed by atoms with Gasteiger partial charge in [-0.2, -0.15) is 5.26 Å². The monoisotopic (exact) mass is 405 g/mol. The number of aromatic nitrogens is 2. The third-order valence-electron chi connectivity index (χ3n) is 6.65. The summed E-state index contributed by atoms with van der Waals surface area (Å²) < 4.78 is 5.64. The SMILES string of the molecule is Cc1nnc(C2C[C@H](C)CCN2C(=O)NC2CCC(Cl)C([C@@H]3C[C@@H]3C#N)C2)o1. The summed E-state index contributed by atoms with van der Waals surface area (Å²) in [5.74, 6) is 2.42. The van der Waals surface area contributed by atoms with Crippen molar-refractivity contribution in [2.45, 2.75) is 69.8 Å². The lowest BCUT2D eigenvalue weighted by molar-refractivity contribution is 0.110. The van der Waals surface area contributed by atoms with E-state index in [0.717, 1.165) is 38.5 Å². The maximum atomic E-state index is 13.1. The number of nitriles is 1. The third kappa shape index (κ3) is 3.98. The highest BCUT2D eigenvalue weighted by molar-refractivity contribution is 6.20. The second-order valence-electron chi connectivity index (χ2n) is 8.77. The van der Waals surface area contributed by atoms with Crippen LogP contribution in [-0.4, -0.2) is 39.1 Å². The first-order valence-electron chi connectivity index (χ1n) is 10.4. The maximum absolute atomic E-state index is 13.1. The Bertz CT molecular complexity index is 762. The molecular formula is C20H28ClN5O2. The number of nitrogens with zero attached hydrogens (tertiary/aromatic N) is 4. The molecule has 1 aromatic heterocycles. The van der Waals surface area contributed by atoms with Crippen LogP contribution in [0.4, 0.5) is 4.79 Å². The molecule has 3 fully saturated rings. The number of likely N-dealkylation sites (tertiary alicyclic amines) is 1. The lowest BCUT2D eigenvalue weighted by atomic mass is 9.81. The molecule has 1 aromatic rings. The predicted octanol–water partition coefficient (Wildman–Crippen LogP) is 3.80. The molecule has 4 rings (SSSR count). The number of halogens is 1. The molecule has 2 amide bonds. The van der Waals surface area contributed by atoms with Gasteiger partial charge in [0.05, 0.1) is 6.07 Å². The molecule has 28 heavy (non-hydrogen) atoms. The van der Waals surface area contributed by atoms with Crippen LogP contribution in [0, 0.1) is 41.9 Å². The van der Waals surface area contributed by atoms with Crippen molar-refractivity contribution in [2.75, 3.05) is 6.54 Å². The average molecular weight is 406 g/mol. The van der Waals surface area contributed by atoms with E-state index in [1.54, 1.807) is 6.92 Å². The number of alkyl halides is 1. The summed E-state index contributed by atoms with van der Waals surface area (Å²) in [7, 11) is 0. The van der Waals surface area contributed by atoms with Crippen molar-refractivity contribution < 1.29 is 9.21 Å². The Kier molecular flexibility index (Phi) is 5.50. The van der Waals surface area contributed by atoms with E-state index in [4.69, 9.17) is 21.3 Å². The van der Waals surface area contributed by atoms with Crippen LogP contribution in [0.1, 0.15) is 63.3 Å². The number of hydrogen-bond donors (Lipinski definition) is 1. The number of amides is 2. The molecule has 3 aliphatic rings. The Labute approximate surface area is 170 Å². The fraction of sp³-hybridized carbons (Fsp3) is 0.800. The van der Waals surface area contributed by atoms with Crippen molar-refractivity contribution in [3.63, 3.8) is 0 Å². The highest BCUT2D eigenvalue weighted by Crippen LogP contribution is 2.50. The van der Waals surface area contributed by atoms with E-state index in [1.165, 1.54) is 0 Å². The Morgan fingerprint density at radius 1 is 1.25 bits per heavy atom. The van der Waals surface area contributed by atoms with Crippen molar-refractivity contribution >= 4 is 17.6 Å². The van der Waals surface area contributed by atoms with Crippen molar-refractivity contribution in [2.24, 2.45) is 23.7 Å². The summed E-state index contributed by atoms with van der Waals surface area (Å²) in [6.07, 6.45) is 5.38.